The number of carbonyl (C=O) groups excluding carboxylic acids is 1. The molecule has 1 aromatic rings. The van der Waals surface area contributed by atoms with Crippen molar-refractivity contribution in [2.75, 3.05) is 19.0 Å². The fourth-order valence-corrected chi connectivity index (χ4v) is 3.71. The first-order valence-corrected chi connectivity index (χ1v) is 11.4. The van der Waals surface area contributed by atoms with Crippen molar-refractivity contribution >= 4 is 12.0 Å². The van der Waals surface area contributed by atoms with Gasteiger partial charge in [-0.15, -0.1) is 0 Å². The summed E-state index contributed by atoms with van der Waals surface area (Å²) in [6.07, 6.45) is 21.4. The van der Waals surface area contributed by atoms with Crippen LogP contribution in [0.2, 0.25) is 0 Å². The van der Waals surface area contributed by atoms with Crippen LogP contribution in [0.3, 0.4) is 0 Å². The van der Waals surface area contributed by atoms with Gasteiger partial charge >= 0.3 is 0 Å². The summed E-state index contributed by atoms with van der Waals surface area (Å²) < 4.78 is 0. The SMILES string of the molecule is CCCCCCCCCCCCCCCCc1cc(N(C)C)ccc1C=O. The number of benzene rings is 1. The van der Waals surface area contributed by atoms with E-state index in [9.17, 15) is 4.79 Å². The third-order valence-electron chi connectivity index (χ3n) is 5.57. The van der Waals surface area contributed by atoms with Crippen LogP contribution >= 0.6 is 0 Å². The molecule has 0 saturated heterocycles. The number of anilines is 1. The summed E-state index contributed by atoms with van der Waals surface area (Å²) in [5.74, 6) is 0. The molecule has 2 nitrogen and oxygen atoms in total. The summed E-state index contributed by atoms with van der Waals surface area (Å²) in [6.45, 7) is 2.28. The Morgan fingerprint density at radius 1 is 0.741 bits per heavy atom. The number of carbonyl (C=O) groups is 1. The van der Waals surface area contributed by atoms with E-state index < -0.39 is 0 Å². The molecule has 1 rings (SSSR count). The van der Waals surface area contributed by atoms with Crippen molar-refractivity contribution in [3.05, 3.63) is 29.3 Å². The first-order valence-electron chi connectivity index (χ1n) is 11.4. The van der Waals surface area contributed by atoms with Gasteiger partial charge in [-0.05, 0) is 36.6 Å². The van der Waals surface area contributed by atoms with Crippen molar-refractivity contribution in [1.82, 2.24) is 0 Å². The zero-order chi connectivity index (χ0) is 19.7. The van der Waals surface area contributed by atoms with Gasteiger partial charge in [-0.3, -0.25) is 4.79 Å². The van der Waals surface area contributed by atoms with Crippen molar-refractivity contribution in [2.24, 2.45) is 0 Å². The minimum absolute atomic E-state index is 0.857. The largest absolute Gasteiger partial charge is 0.378 e. The highest BCUT2D eigenvalue weighted by molar-refractivity contribution is 5.78. The van der Waals surface area contributed by atoms with E-state index in [-0.39, 0.29) is 0 Å². The van der Waals surface area contributed by atoms with Gasteiger partial charge in [0.2, 0.25) is 0 Å². The zero-order valence-corrected chi connectivity index (χ0v) is 18.3. The molecule has 0 saturated carbocycles. The zero-order valence-electron chi connectivity index (χ0n) is 18.3. The predicted octanol–water partition coefficient (Wildman–Crippen LogP) is 7.59. The number of aryl methyl sites for hydroxylation is 1. The second kappa shape index (κ2) is 15.7. The molecule has 0 N–H and O–H groups in total. The molecular formula is C25H43NO. The summed E-state index contributed by atoms with van der Waals surface area (Å²) in [7, 11) is 4.10. The molecule has 0 fully saturated rings. The van der Waals surface area contributed by atoms with Crippen LogP contribution in [0.25, 0.3) is 0 Å². The Morgan fingerprint density at radius 2 is 1.22 bits per heavy atom. The lowest BCUT2D eigenvalue weighted by atomic mass is 9.99. The van der Waals surface area contributed by atoms with Gasteiger partial charge in [0.25, 0.3) is 0 Å². The van der Waals surface area contributed by atoms with Crippen LogP contribution in [0.1, 0.15) is 113 Å². The second-order valence-corrected chi connectivity index (χ2v) is 8.24. The fourth-order valence-electron chi connectivity index (χ4n) is 3.71. The number of unbranched alkanes of at least 4 members (excludes halogenated alkanes) is 13. The Kier molecular flexibility index (Phi) is 13.8. The molecule has 0 atom stereocenters. The van der Waals surface area contributed by atoms with Gasteiger partial charge in [-0.1, -0.05) is 90.4 Å². The summed E-state index contributed by atoms with van der Waals surface area (Å²) in [4.78, 5) is 13.3. The van der Waals surface area contributed by atoms with Crippen LogP contribution in [0, 0.1) is 0 Å². The lowest BCUT2D eigenvalue weighted by Crippen LogP contribution is -2.09. The first-order chi connectivity index (χ1) is 13.2. The van der Waals surface area contributed by atoms with E-state index in [1.165, 1.54) is 101 Å². The topological polar surface area (TPSA) is 20.3 Å². The van der Waals surface area contributed by atoms with Crippen molar-refractivity contribution < 1.29 is 4.79 Å². The van der Waals surface area contributed by atoms with Gasteiger partial charge in [-0.25, -0.2) is 0 Å². The van der Waals surface area contributed by atoms with Crippen LogP contribution < -0.4 is 4.90 Å². The molecule has 0 amide bonds. The minimum atomic E-state index is 0.857. The molecular weight excluding hydrogens is 330 g/mol. The van der Waals surface area contributed by atoms with Crippen LogP contribution in [-0.4, -0.2) is 20.4 Å². The van der Waals surface area contributed by atoms with Crippen LogP contribution in [0.4, 0.5) is 5.69 Å². The fraction of sp³-hybridized carbons (Fsp3) is 0.720. The van der Waals surface area contributed by atoms with Crippen molar-refractivity contribution in [1.29, 1.82) is 0 Å². The lowest BCUT2D eigenvalue weighted by Gasteiger charge is -2.15. The van der Waals surface area contributed by atoms with Gasteiger partial charge in [0.1, 0.15) is 6.29 Å². The molecule has 0 spiro atoms. The molecule has 0 aliphatic heterocycles. The van der Waals surface area contributed by atoms with E-state index in [4.69, 9.17) is 0 Å². The Hall–Kier alpha value is -1.31. The third-order valence-corrected chi connectivity index (χ3v) is 5.57. The number of aldehydes is 1. The summed E-state index contributed by atoms with van der Waals surface area (Å²) in [5, 5.41) is 0. The normalized spacial score (nSPS) is 10.9. The molecule has 27 heavy (non-hydrogen) atoms. The van der Waals surface area contributed by atoms with E-state index in [2.05, 4.69) is 17.9 Å². The van der Waals surface area contributed by atoms with Gasteiger partial charge in [0.15, 0.2) is 0 Å². The minimum Gasteiger partial charge on any atom is -0.378 e. The molecule has 0 radical (unpaired) electrons. The molecule has 0 heterocycles. The Balaban J connectivity index is 2.01. The maximum atomic E-state index is 11.2. The van der Waals surface area contributed by atoms with E-state index in [0.717, 1.165) is 18.3 Å². The standard InChI is InChI=1S/C25H43NO/c1-4-5-6-7-8-9-10-11-12-13-14-15-16-17-18-23-21-25(26(2)3)20-19-24(23)22-27/h19-22H,4-18H2,1-3H3. The molecule has 0 unspecified atom stereocenters. The molecule has 0 aromatic heterocycles. The van der Waals surface area contributed by atoms with Crippen molar-refractivity contribution in [3.63, 3.8) is 0 Å². The number of rotatable bonds is 17. The predicted molar refractivity (Wildman–Crippen MR) is 120 cm³/mol. The molecule has 154 valence electrons. The average molecular weight is 374 g/mol. The van der Waals surface area contributed by atoms with Gasteiger partial charge in [0, 0.05) is 25.3 Å². The third kappa shape index (κ3) is 11.2. The molecule has 0 aliphatic carbocycles. The first kappa shape index (κ1) is 23.7. The Labute approximate surface area is 168 Å². The average Bonchev–Trinajstić information content (AvgIpc) is 2.68. The summed E-state index contributed by atoms with van der Waals surface area (Å²) >= 11 is 0. The summed E-state index contributed by atoms with van der Waals surface area (Å²) in [5.41, 5.74) is 3.24. The van der Waals surface area contributed by atoms with Crippen molar-refractivity contribution in [3.8, 4) is 0 Å². The van der Waals surface area contributed by atoms with Crippen LogP contribution in [0.5, 0.6) is 0 Å². The second-order valence-electron chi connectivity index (χ2n) is 8.24. The van der Waals surface area contributed by atoms with E-state index in [1.54, 1.807) is 0 Å². The van der Waals surface area contributed by atoms with E-state index in [1.807, 2.05) is 26.2 Å². The maximum Gasteiger partial charge on any atom is 0.150 e. The molecule has 2 heteroatoms. The van der Waals surface area contributed by atoms with Crippen molar-refractivity contribution in [2.45, 2.75) is 103 Å². The maximum absolute atomic E-state index is 11.2. The number of hydrogen-bond acceptors (Lipinski definition) is 2. The van der Waals surface area contributed by atoms with E-state index in [0.29, 0.717) is 0 Å². The Morgan fingerprint density at radius 3 is 1.67 bits per heavy atom. The number of hydrogen-bond donors (Lipinski definition) is 0. The quantitative estimate of drug-likeness (QED) is 0.207. The van der Waals surface area contributed by atoms with Crippen LogP contribution in [-0.2, 0) is 6.42 Å². The highest BCUT2D eigenvalue weighted by Crippen LogP contribution is 2.20. The smallest absolute Gasteiger partial charge is 0.150 e. The Bertz CT molecular complexity index is 495. The van der Waals surface area contributed by atoms with Gasteiger partial charge < -0.3 is 4.90 Å². The van der Waals surface area contributed by atoms with Gasteiger partial charge in [0.05, 0.1) is 0 Å². The van der Waals surface area contributed by atoms with Crippen LogP contribution in [0.15, 0.2) is 18.2 Å². The number of nitrogens with zero attached hydrogens (tertiary/aromatic N) is 1. The molecule has 0 bridgehead atoms. The monoisotopic (exact) mass is 373 g/mol. The highest BCUT2D eigenvalue weighted by atomic mass is 16.1. The van der Waals surface area contributed by atoms with Gasteiger partial charge in [-0.2, -0.15) is 0 Å². The lowest BCUT2D eigenvalue weighted by molar-refractivity contribution is 0.112. The molecule has 0 aliphatic rings. The highest BCUT2D eigenvalue weighted by Gasteiger charge is 2.05. The summed E-state index contributed by atoms with van der Waals surface area (Å²) in [6, 6.07) is 6.16. The molecule has 1 aromatic carbocycles. The van der Waals surface area contributed by atoms with E-state index >= 15 is 0 Å².